The molecule has 1 unspecified atom stereocenters. The largest absolute Gasteiger partial charge is 0.484 e. The van der Waals surface area contributed by atoms with E-state index in [2.05, 4.69) is 34.6 Å². The molecule has 0 radical (unpaired) electrons. The molecule has 0 aliphatic heterocycles. The Morgan fingerprint density at radius 3 is 2.65 bits per heavy atom. The molecule has 0 saturated carbocycles. The van der Waals surface area contributed by atoms with Gasteiger partial charge in [0.15, 0.2) is 6.61 Å². The number of ether oxygens (including phenoxy) is 1. The van der Waals surface area contributed by atoms with Crippen LogP contribution in [0, 0.1) is 6.92 Å². The molecule has 0 amide bonds. The fourth-order valence-electron chi connectivity index (χ4n) is 1.90. The smallest absolute Gasteiger partial charge is 0.253 e. The number of benzene rings is 1. The zero-order valence-electron chi connectivity index (χ0n) is 12.4. The van der Waals surface area contributed by atoms with E-state index in [0.717, 1.165) is 17.7 Å². The summed E-state index contributed by atoms with van der Waals surface area (Å²) in [4.78, 5) is 0. The molecule has 0 bridgehead atoms. The first-order valence-electron chi connectivity index (χ1n) is 6.86. The Morgan fingerprint density at radius 1 is 1.30 bits per heavy atom. The number of aromatic nitrogens is 2. The third-order valence-corrected chi connectivity index (χ3v) is 3.29. The molecule has 0 spiro atoms. The van der Waals surface area contributed by atoms with Gasteiger partial charge in [0.05, 0.1) is 0 Å². The van der Waals surface area contributed by atoms with Crippen molar-refractivity contribution < 1.29 is 9.15 Å². The summed E-state index contributed by atoms with van der Waals surface area (Å²) >= 11 is 0. The highest BCUT2D eigenvalue weighted by atomic mass is 16.5. The van der Waals surface area contributed by atoms with E-state index >= 15 is 0 Å². The van der Waals surface area contributed by atoms with Crippen LogP contribution in [-0.4, -0.2) is 17.2 Å². The van der Waals surface area contributed by atoms with E-state index in [-0.39, 0.29) is 0 Å². The van der Waals surface area contributed by atoms with Crippen LogP contribution in [0.25, 0.3) is 0 Å². The molecule has 2 aromatic rings. The average Bonchev–Trinajstić information content (AvgIpc) is 2.93. The van der Waals surface area contributed by atoms with Crippen LogP contribution in [0.3, 0.4) is 0 Å². The zero-order chi connectivity index (χ0) is 14.5. The summed E-state index contributed by atoms with van der Waals surface area (Å²) in [7, 11) is 1.95. The van der Waals surface area contributed by atoms with Crippen LogP contribution in [0.15, 0.2) is 22.6 Å². The van der Waals surface area contributed by atoms with E-state index in [1.807, 2.05) is 27.0 Å². The normalized spacial score (nSPS) is 12.4. The lowest BCUT2D eigenvalue weighted by atomic mass is 10.1. The van der Waals surface area contributed by atoms with Gasteiger partial charge in [-0.05, 0) is 38.1 Å². The van der Waals surface area contributed by atoms with E-state index in [1.54, 1.807) is 0 Å². The van der Waals surface area contributed by atoms with Crippen LogP contribution in [0.5, 0.6) is 5.75 Å². The number of rotatable bonds is 6. The summed E-state index contributed by atoms with van der Waals surface area (Å²) in [6.07, 6.45) is 0.739. The first-order chi connectivity index (χ1) is 9.63. The lowest BCUT2D eigenvalue weighted by Crippen LogP contribution is -2.12. The summed E-state index contributed by atoms with van der Waals surface area (Å²) in [5.74, 6) is 1.99. The predicted molar refractivity (Wildman–Crippen MR) is 76.7 cm³/mol. The Bertz CT molecular complexity index is 566. The summed E-state index contributed by atoms with van der Waals surface area (Å²) < 4.78 is 11.1. The molecule has 1 aromatic heterocycles. The third kappa shape index (κ3) is 3.36. The second kappa shape index (κ2) is 6.52. The van der Waals surface area contributed by atoms with Crippen molar-refractivity contribution in [3.05, 3.63) is 41.1 Å². The molecule has 1 N–H and O–H groups in total. The fourth-order valence-corrected chi connectivity index (χ4v) is 1.90. The lowest BCUT2D eigenvalue weighted by molar-refractivity contribution is 0.257. The Morgan fingerprint density at radius 2 is 2.05 bits per heavy atom. The van der Waals surface area contributed by atoms with Gasteiger partial charge in [0.25, 0.3) is 5.89 Å². The van der Waals surface area contributed by atoms with Crippen LogP contribution in [-0.2, 0) is 13.0 Å². The van der Waals surface area contributed by atoms with Gasteiger partial charge >= 0.3 is 0 Å². The quantitative estimate of drug-likeness (QED) is 0.878. The van der Waals surface area contributed by atoms with Gasteiger partial charge in [-0.1, -0.05) is 19.1 Å². The number of nitrogens with zero attached hydrogens (tertiary/aromatic N) is 2. The maximum absolute atomic E-state index is 5.73. The number of nitrogens with one attached hydrogen (secondary N) is 1. The summed E-state index contributed by atoms with van der Waals surface area (Å²) in [6.45, 7) is 6.44. The van der Waals surface area contributed by atoms with E-state index in [9.17, 15) is 0 Å². The molecule has 0 saturated heterocycles. The van der Waals surface area contributed by atoms with Crippen molar-refractivity contribution >= 4 is 0 Å². The molecule has 2 rings (SSSR count). The second-order valence-electron chi connectivity index (χ2n) is 4.77. The van der Waals surface area contributed by atoms with Crippen LogP contribution in [0.2, 0.25) is 0 Å². The van der Waals surface area contributed by atoms with Crippen molar-refractivity contribution in [1.82, 2.24) is 15.5 Å². The maximum Gasteiger partial charge on any atom is 0.253 e. The maximum atomic E-state index is 5.73. The first kappa shape index (κ1) is 14.5. The molecule has 0 fully saturated rings. The number of hydrogen-bond donors (Lipinski definition) is 1. The summed E-state index contributed by atoms with van der Waals surface area (Å²) in [5.41, 5.74) is 2.34. The minimum absolute atomic E-state index is 0.300. The molecular formula is C15H21N3O2. The predicted octanol–water partition coefficient (Wildman–Crippen LogP) is 2.80. The Hall–Kier alpha value is -1.88. The zero-order valence-corrected chi connectivity index (χ0v) is 12.4. The van der Waals surface area contributed by atoms with E-state index in [0.29, 0.717) is 24.4 Å². The highest BCUT2D eigenvalue weighted by Crippen LogP contribution is 2.23. The summed E-state index contributed by atoms with van der Waals surface area (Å²) in [5, 5.41) is 11.1. The van der Waals surface area contributed by atoms with E-state index in [1.165, 1.54) is 5.56 Å². The van der Waals surface area contributed by atoms with Gasteiger partial charge in [-0.2, -0.15) is 0 Å². The second-order valence-corrected chi connectivity index (χ2v) is 4.77. The molecule has 108 valence electrons. The highest BCUT2D eigenvalue weighted by molar-refractivity contribution is 5.37. The van der Waals surface area contributed by atoms with Gasteiger partial charge < -0.3 is 14.5 Å². The number of aryl methyl sites for hydroxylation is 2. The molecule has 5 nitrogen and oxygen atoms in total. The standard InChI is InChI=1S/C15H21N3O2/c1-5-14-17-18-15(20-14)9-19-13-7-6-12(8-10(13)2)11(3)16-4/h6-8,11,16H,5,9H2,1-4H3. The molecule has 5 heteroatoms. The highest BCUT2D eigenvalue weighted by Gasteiger charge is 2.08. The monoisotopic (exact) mass is 275 g/mol. The van der Waals surface area contributed by atoms with Crippen LogP contribution in [0.4, 0.5) is 0 Å². The van der Waals surface area contributed by atoms with Gasteiger partial charge in [0.1, 0.15) is 5.75 Å². The summed E-state index contributed by atoms with van der Waals surface area (Å²) in [6, 6.07) is 6.50. The van der Waals surface area contributed by atoms with Crippen molar-refractivity contribution in [2.45, 2.75) is 39.8 Å². The van der Waals surface area contributed by atoms with Crippen LogP contribution >= 0.6 is 0 Å². The lowest BCUT2D eigenvalue weighted by Gasteiger charge is -2.13. The molecule has 1 heterocycles. The van der Waals surface area contributed by atoms with Crippen molar-refractivity contribution in [3.63, 3.8) is 0 Å². The number of hydrogen-bond acceptors (Lipinski definition) is 5. The Labute approximate surface area is 119 Å². The first-order valence-corrected chi connectivity index (χ1v) is 6.86. The van der Waals surface area contributed by atoms with Crippen molar-refractivity contribution in [1.29, 1.82) is 0 Å². The minimum atomic E-state index is 0.300. The minimum Gasteiger partial charge on any atom is -0.484 e. The SMILES string of the molecule is CCc1nnc(COc2ccc(C(C)NC)cc2C)o1. The fraction of sp³-hybridized carbons (Fsp3) is 0.467. The van der Waals surface area contributed by atoms with Crippen molar-refractivity contribution in [3.8, 4) is 5.75 Å². The molecular weight excluding hydrogens is 254 g/mol. The molecule has 0 aliphatic rings. The van der Waals surface area contributed by atoms with Crippen molar-refractivity contribution in [2.75, 3.05) is 7.05 Å². The van der Waals surface area contributed by atoms with Crippen LogP contribution in [0.1, 0.15) is 42.8 Å². The van der Waals surface area contributed by atoms with Gasteiger partial charge in [-0.15, -0.1) is 10.2 Å². The van der Waals surface area contributed by atoms with Gasteiger partial charge in [0.2, 0.25) is 5.89 Å². The molecule has 1 aromatic carbocycles. The van der Waals surface area contributed by atoms with Gasteiger partial charge in [-0.25, -0.2) is 0 Å². The van der Waals surface area contributed by atoms with E-state index in [4.69, 9.17) is 9.15 Å². The molecule has 1 atom stereocenters. The average molecular weight is 275 g/mol. The van der Waals surface area contributed by atoms with Crippen LogP contribution < -0.4 is 10.1 Å². The Kier molecular flexibility index (Phi) is 4.74. The van der Waals surface area contributed by atoms with Gasteiger partial charge in [0, 0.05) is 12.5 Å². The van der Waals surface area contributed by atoms with Crippen molar-refractivity contribution in [2.24, 2.45) is 0 Å². The third-order valence-electron chi connectivity index (χ3n) is 3.29. The molecule has 20 heavy (non-hydrogen) atoms. The van der Waals surface area contributed by atoms with Gasteiger partial charge in [-0.3, -0.25) is 0 Å². The molecule has 0 aliphatic carbocycles. The Balaban J connectivity index is 2.02. The topological polar surface area (TPSA) is 60.2 Å². The van der Waals surface area contributed by atoms with E-state index < -0.39 is 0 Å².